The number of carboxylic acid groups (broad SMARTS) is 1. The van der Waals surface area contributed by atoms with E-state index in [9.17, 15) is 14.0 Å². The molecule has 4 nitrogen and oxygen atoms in total. The lowest BCUT2D eigenvalue weighted by molar-refractivity contribution is -0.145. The molecule has 0 saturated heterocycles. The lowest BCUT2D eigenvalue weighted by Gasteiger charge is -2.29. The minimum Gasteiger partial charge on any atom is -0.481 e. The number of halogens is 1. The highest BCUT2D eigenvalue weighted by Gasteiger charge is 2.32. The Labute approximate surface area is 123 Å². The molecule has 21 heavy (non-hydrogen) atoms. The SMILES string of the molecule is CN(Cc1ccccc1F)C(=O)[C@H]1CCC[C@@H](C(=O)O)C1. The zero-order chi connectivity index (χ0) is 15.4. The Morgan fingerprint density at radius 2 is 1.95 bits per heavy atom. The maximum absolute atomic E-state index is 13.6. The molecule has 1 aliphatic rings. The molecule has 1 N–H and O–H groups in total. The van der Waals surface area contributed by atoms with Gasteiger partial charge in [-0.15, -0.1) is 0 Å². The van der Waals surface area contributed by atoms with Crippen molar-refractivity contribution in [2.75, 3.05) is 7.05 Å². The predicted octanol–water partition coefficient (Wildman–Crippen LogP) is 2.68. The van der Waals surface area contributed by atoms with Gasteiger partial charge in [0, 0.05) is 25.1 Å². The van der Waals surface area contributed by atoms with Crippen molar-refractivity contribution >= 4 is 11.9 Å². The predicted molar refractivity (Wildman–Crippen MR) is 76.0 cm³/mol. The summed E-state index contributed by atoms with van der Waals surface area (Å²) < 4.78 is 13.6. The number of carbonyl (C=O) groups is 2. The summed E-state index contributed by atoms with van der Waals surface area (Å²) in [6, 6.07) is 6.37. The molecule has 1 fully saturated rings. The van der Waals surface area contributed by atoms with Crippen molar-refractivity contribution in [3.05, 3.63) is 35.6 Å². The van der Waals surface area contributed by atoms with Gasteiger partial charge in [-0.1, -0.05) is 24.6 Å². The minimum absolute atomic E-state index is 0.0933. The van der Waals surface area contributed by atoms with Crippen molar-refractivity contribution in [2.45, 2.75) is 32.2 Å². The van der Waals surface area contributed by atoms with Crippen molar-refractivity contribution in [3.63, 3.8) is 0 Å². The summed E-state index contributed by atoms with van der Waals surface area (Å²) in [4.78, 5) is 24.9. The van der Waals surface area contributed by atoms with E-state index in [-0.39, 0.29) is 24.2 Å². The van der Waals surface area contributed by atoms with Gasteiger partial charge in [-0.2, -0.15) is 0 Å². The van der Waals surface area contributed by atoms with Gasteiger partial charge in [0.15, 0.2) is 0 Å². The number of hydrogen-bond acceptors (Lipinski definition) is 2. The van der Waals surface area contributed by atoms with Crippen LogP contribution in [0.1, 0.15) is 31.2 Å². The first kappa shape index (κ1) is 15.5. The molecule has 0 spiro atoms. The standard InChI is InChI=1S/C16H20FNO3/c1-18(10-13-5-2-3-8-14(13)17)15(19)11-6-4-7-12(9-11)16(20)21/h2-3,5,8,11-12H,4,6-7,9-10H2,1H3,(H,20,21)/t11-,12+/m0/s1. The largest absolute Gasteiger partial charge is 0.481 e. The number of aliphatic carboxylic acids is 1. The van der Waals surface area contributed by atoms with Crippen LogP contribution >= 0.6 is 0 Å². The minimum atomic E-state index is -0.829. The van der Waals surface area contributed by atoms with Crippen molar-refractivity contribution < 1.29 is 19.1 Å². The lowest BCUT2D eigenvalue weighted by Crippen LogP contribution is -2.36. The highest BCUT2D eigenvalue weighted by molar-refractivity contribution is 5.80. The van der Waals surface area contributed by atoms with Crippen LogP contribution in [0.15, 0.2) is 24.3 Å². The number of carboxylic acids is 1. The molecule has 1 saturated carbocycles. The summed E-state index contributed by atoms with van der Waals surface area (Å²) >= 11 is 0. The van der Waals surface area contributed by atoms with Crippen LogP contribution in [0, 0.1) is 17.7 Å². The van der Waals surface area contributed by atoms with E-state index in [1.165, 1.54) is 11.0 Å². The Hall–Kier alpha value is -1.91. The highest BCUT2D eigenvalue weighted by Crippen LogP contribution is 2.30. The second kappa shape index (κ2) is 6.70. The average Bonchev–Trinajstić information content (AvgIpc) is 2.49. The molecule has 1 amide bonds. The van der Waals surface area contributed by atoms with Gasteiger partial charge in [-0.05, 0) is 25.3 Å². The van der Waals surface area contributed by atoms with Gasteiger partial charge in [0.1, 0.15) is 5.82 Å². The molecule has 114 valence electrons. The fourth-order valence-corrected chi connectivity index (χ4v) is 2.91. The molecule has 0 unspecified atom stereocenters. The van der Waals surface area contributed by atoms with Gasteiger partial charge >= 0.3 is 5.97 Å². The fourth-order valence-electron chi connectivity index (χ4n) is 2.91. The normalized spacial score (nSPS) is 21.8. The van der Waals surface area contributed by atoms with Gasteiger partial charge in [0.25, 0.3) is 0 Å². The summed E-state index contributed by atoms with van der Waals surface area (Å²) in [7, 11) is 1.64. The molecule has 1 aromatic carbocycles. The summed E-state index contributed by atoms with van der Waals surface area (Å²) in [5.74, 6) is -1.95. The molecule has 5 heteroatoms. The molecular formula is C16H20FNO3. The van der Waals surface area contributed by atoms with E-state index in [4.69, 9.17) is 5.11 Å². The molecule has 0 heterocycles. The Balaban J connectivity index is 1.99. The van der Waals surface area contributed by atoms with Crippen LogP contribution in [0.3, 0.4) is 0 Å². The van der Waals surface area contributed by atoms with Crippen LogP contribution in [-0.4, -0.2) is 28.9 Å². The maximum Gasteiger partial charge on any atom is 0.306 e. The molecule has 2 rings (SSSR count). The zero-order valence-corrected chi connectivity index (χ0v) is 12.1. The monoisotopic (exact) mass is 293 g/mol. The van der Waals surface area contributed by atoms with Crippen molar-refractivity contribution in [3.8, 4) is 0 Å². The molecule has 1 aliphatic carbocycles. The smallest absolute Gasteiger partial charge is 0.306 e. The summed E-state index contributed by atoms with van der Waals surface area (Å²) in [6.07, 6.45) is 2.48. The molecule has 0 radical (unpaired) electrons. The fraction of sp³-hybridized carbons (Fsp3) is 0.500. The Morgan fingerprint density at radius 1 is 1.29 bits per heavy atom. The van der Waals surface area contributed by atoms with Crippen LogP contribution < -0.4 is 0 Å². The van der Waals surface area contributed by atoms with Crippen LogP contribution in [0.2, 0.25) is 0 Å². The number of nitrogens with zero attached hydrogens (tertiary/aromatic N) is 1. The lowest BCUT2D eigenvalue weighted by atomic mass is 9.81. The first-order chi connectivity index (χ1) is 9.99. The van der Waals surface area contributed by atoms with Crippen molar-refractivity contribution in [1.82, 2.24) is 4.90 Å². The number of benzene rings is 1. The average molecular weight is 293 g/mol. The number of rotatable bonds is 4. The third-order valence-electron chi connectivity index (χ3n) is 4.11. The topological polar surface area (TPSA) is 57.6 Å². The van der Waals surface area contributed by atoms with E-state index in [1.807, 2.05) is 0 Å². The Kier molecular flexibility index (Phi) is 4.94. The summed E-state index contributed by atoms with van der Waals surface area (Å²) in [5, 5.41) is 9.07. The van der Waals surface area contributed by atoms with Crippen LogP contribution in [0.5, 0.6) is 0 Å². The third-order valence-corrected chi connectivity index (χ3v) is 4.11. The van der Waals surface area contributed by atoms with E-state index in [2.05, 4.69) is 0 Å². The molecule has 2 atom stereocenters. The molecule has 0 aromatic heterocycles. The number of amides is 1. The van der Waals surface area contributed by atoms with Gasteiger partial charge in [0.2, 0.25) is 5.91 Å². The second-order valence-electron chi connectivity index (χ2n) is 5.68. The molecule has 1 aromatic rings. The van der Waals surface area contributed by atoms with Crippen molar-refractivity contribution in [1.29, 1.82) is 0 Å². The van der Waals surface area contributed by atoms with E-state index >= 15 is 0 Å². The third kappa shape index (κ3) is 3.80. The van der Waals surface area contributed by atoms with E-state index in [1.54, 1.807) is 25.2 Å². The zero-order valence-electron chi connectivity index (χ0n) is 12.1. The maximum atomic E-state index is 13.6. The van der Waals surface area contributed by atoms with Gasteiger partial charge in [-0.3, -0.25) is 9.59 Å². The molecule has 0 bridgehead atoms. The molecular weight excluding hydrogens is 273 g/mol. The first-order valence-corrected chi connectivity index (χ1v) is 7.20. The van der Waals surface area contributed by atoms with Gasteiger partial charge < -0.3 is 10.0 Å². The van der Waals surface area contributed by atoms with Crippen LogP contribution in [-0.2, 0) is 16.1 Å². The number of hydrogen-bond donors (Lipinski definition) is 1. The van der Waals surface area contributed by atoms with E-state index < -0.39 is 11.9 Å². The Bertz CT molecular complexity index is 532. The Morgan fingerprint density at radius 3 is 2.62 bits per heavy atom. The van der Waals surface area contributed by atoms with Crippen molar-refractivity contribution in [2.24, 2.45) is 11.8 Å². The molecule has 0 aliphatic heterocycles. The quantitative estimate of drug-likeness (QED) is 0.928. The summed E-state index contributed by atoms with van der Waals surface area (Å²) in [6.45, 7) is 0.208. The first-order valence-electron chi connectivity index (χ1n) is 7.20. The van der Waals surface area contributed by atoms with Gasteiger partial charge in [-0.25, -0.2) is 4.39 Å². The van der Waals surface area contributed by atoms with E-state index in [0.717, 1.165) is 6.42 Å². The van der Waals surface area contributed by atoms with Gasteiger partial charge in [0.05, 0.1) is 5.92 Å². The van der Waals surface area contributed by atoms with E-state index in [0.29, 0.717) is 24.8 Å². The van der Waals surface area contributed by atoms with Crippen LogP contribution in [0.4, 0.5) is 4.39 Å². The summed E-state index contributed by atoms with van der Waals surface area (Å²) in [5.41, 5.74) is 0.471. The highest BCUT2D eigenvalue weighted by atomic mass is 19.1. The number of carbonyl (C=O) groups excluding carboxylic acids is 1. The van der Waals surface area contributed by atoms with Crippen LogP contribution in [0.25, 0.3) is 0 Å². The second-order valence-corrected chi connectivity index (χ2v) is 5.68.